The average Bonchev–Trinajstić information content (AvgIpc) is 3.33. The standard InChI is InChI=1S/C22H21FN2O3S/c23-17-7-5-16(6-8-17)22(11-1-2-12-22)20(27)24-18-9-3-15(4-10-18)13-25-19(26)14-29-21(25)28/h3-10H,1-2,11-14H2,(H,24,27). The second kappa shape index (κ2) is 7.99. The van der Waals surface area contributed by atoms with Gasteiger partial charge in [-0.05, 0) is 48.2 Å². The molecule has 0 spiro atoms. The van der Waals surface area contributed by atoms with Gasteiger partial charge in [-0.25, -0.2) is 4.39 Å². The molecule has 2 aromatic rings. The van der Waals surface area contributed by atoms with Crippen LogP contribution < -0.4 is 5.32 Å². The van der Waals surface area contributed by atoms with Crippen LogP contribution in [0.1, 0.15) is 36.8 Å². The second-order valence-corrected chi connectivity index (χ2v) is 8.41. The molecule has 2 aliphatic rings. The molecule has 5 nitrogen and oxygen atoms in total. The van der Waals surface area contributed by atoms with Crippen molar-refractivity contribution >= 4 is 34.5 Å². The monoisotopic (exact) mass is 412 g/mol. The first-order valence-corrected chi connectivity index (χ1v) is 10.6. The Labute approximate surface area is 172 Å². The van der Waals surface area contributed by atoms with Gasteiger partial charge in [-0.1, -0.05) is 48.9 Å². The lowest BCUT2D eigenvalue weighted by molar-refractivity contribution is -0.125. The normalized spacial score (nSPS) is 18.3. The summed E-state index contributed by atoms with van der Waals surface area (Å²) in [6.07, 6.45) is 3.39. The van der Waals surface area contributed by atoms with Gasteiger partial charge < -0.3 is 5.32 Å². The van der Waals surface area contributed by atoms with Gasteiger partial charge in [0.1, 0.15) is 5.82 Å². The van der Waals surface area contributed by atoms with E-state index in [1.165, 1.54) is 17.0 Å². The summed E-state index contributed by atoms with van der Waals surface area (Å²) >= 11 is 1.01. The third-order valence-electron chi connectivity index (χ3n) is 5.68. The number of benzene rings is 2. The van der Waals surface area contributed by atoms with E-state index in [1.54, 1.807) is 36.4 Å². The van der Waals surface area contributed by atoms with Crippen molar-refractivity contribution in [2.24, 2.45) is 0 Å². The minimum Gasteiger partial charge on any atom is -0.325 e. The van der Waals surface area contributed by atoms with Gasteiger partial charge in [0.05, 0.1) is 17.7 Å². The number of halogens is 1. The number of carbonyl (C=O) groups is 3. The Morgan fingerprint density at radius 2 is 1.69 bits per heavy atom. The summed E-state index contributed by atoms with van der Waals surface area (Å²) in [5.74, 6) is -0.389. The molecule has 3 amide bonds. The van der Waals surface area contributed by atoms with E-state index in [0.29, 0.717) is 5.69 Å². The van der Waals surface area contributed by atoms with E-state index in [9.17, 15) is 18.8 Å². The maximum Gasteiger partial charge on any atom is 0.289 e. The van der Waals surface area contributed by atoms with Crippen LogP contribution in [0, 0.1) is 5.82 Å². The highest BCUT2D eigenvalue weighted by molar-refractivity contribution is 8.14. The highest BCUT2D eigenvalue weighted by Crippen LogP contribution is 2.42. The van der Waals surface area contributed by atoms with Gasteiger partial charge in [0.25, 0.3) is 5.24 Å². The quantitative estimate of drug-likeness (QED) is 0.787. The molecule has 7 heteroatoms. The Morgan fingerprint density at radius 3 is 2.28 bits per heavy atom. The molecule has 4 rings (SSSR count). The smallest absolute Gasteiger partial charge is 0.289 e. The van der Waals surface area contributed by atoms with Crippen molar-refractivity contribution in [2.75, 3.05) is 11.1 Å². The fraction of sp³-hybridized carbons (Fsp3) is 0.318. The molecule has 1 saturated carbocycles. The van der Waals surface area contributed by atoms with Gasteiger partial charge in [0, 0.05) is 5.69 Å². The molecule has 150 valence electrons. The molecule has 0 unspecified atom stereocenters. The Bertz CT molecular complexity index is 922. The fourth-order valence-corrected chi connectivity index (χ4v) is 4.78. The first-order chi connectivity index (χ1) is 14.0. The molecule has 1 aliphatic carbocycles. The summed E-state index contributed by atoms with van der Waals surface area (Å²) in [5.41, 5.74) is 1.67. The number of carbonyl (C=O) groups excluding carboxylic acids is 3. The SMILES string of the molecule is O=C1CSC(=O)N1Cc1ccc(NC(=O)C2(c3ccc(F)cc3)CCCC2)cc1. The van der Waals surface area contributed by atoms with E-state index < -0.39 is 5.41 Å². The third kappa shape index (κ3) is 3.92. The van der Waals surface area contributed by atoms with Crippen molar-refractivity contribution in [2.45, 2.75) is 37.6 Å². The van der Waals surface area contributed by atoms with Gasteiger partial charge in [0.15, 0.2) is 0 Å². The molecule has 1 saturated heterocycles. The first kappa shape index (κ1) is 19.6. The molecule has 0 aromatic heterocycles. The van der Waals surface area contributed by atoms with Crippen molar-refractivity contribution in [1.29, 1.82) is 0 Å². The Morgan fingerprint density at radius 1 is 1.03 bits per heavy atom. The molecule has 1 N–H and O–H groups in total. The van der Waals surface area contributed by atoms with E-state index in [0.717, 1.165) is 48.6 Å². The molecule has 0 atom stereocenters. The Balaban J connectivity index is 1.48. The second-order valence-electron chi connectivity index (χ2n) is 7.48. The number of hydrogen-bond donors (Lipinski definition) is 1. The minimum absolute atomic E-state index is 0.0874. The molecule has 2 fully saturated rings. The van der Waals surface area contributed by atoms with Gasteiger partial charge in [0.2, 0.25) is 11.8 Å². The van der Waals surface area contributed by atoms with Crippen molar-refractivity contribution in [3.8, 4) is 0 Å². The number of hydrogen-bond acceptors (Lipinski definition) is 4. The summed E-state index contributed by atoms with van der Waals surface area (Å²) in [6, 6.07) is 13.4. The minimum atomic E-state index is -0.641. The van der Waals surface area contributed by atoms with E-state index in [2.05, 4.69) is 5.32 Å². The lowest BCUT2D eigenvalue weighted by Crippen LogP contribution is -2.38. The number of rotatable bonds is 5. The third-order valence-corrected chi connectivity index (χ3v) is 6.54. The van der Waals surface area contributed by atoms with Crippen LogP contribution >= 0.6 is 11.8 Å². The zero-order valence-corrected chi connectivity index (χ0v) is 16.6. The van der Waals surface area contributed by atoms with E-state index >= 15 is 0 Å². The highest BCUT2D eigenvalue weighted by atomic mass is 32.2. The fourth-order valence-electron chi connectivity index (χ4n) is 4.05. The van der Waals surface area contributed by atoms with Crippen LogP contribution in [0.5, 0.6) is 0 Å². The zero-order valence-electron chi connectivity index (χ0n) is 15.8. The summed E-state index contributed by atoms with van der Waals surface area (Å²) in [7, 11) is 0. The molecule has 1 aliphatic heterocycles. The van der Waals surface area contributed by atoms with Crippen LogP contribution in [0.4, 0.5) is 14.9 Å². The number of nitrogens with zero attached hydrogens (tertiary/aromatic N) is 1. The van der Waals surface area contributed by atoms with Gasteiger partial charge in [-0.3, -0.25) is 19.3 Å². The first-order valence-electron chi connectivity index (χ1n) is 9.61. The topological polar surface area (TPSA) is 66.5 Å². The average molecular weight is 412 g/mol. The largest absolute Gasteiger partial charge is 0.325 e. The lowest BCUT2D eigenvalue weighted by Gasteiger charge is -2.28. The number of thioether (sulfide) groups is 1. The molecular formula is C22H21FN2O3S. The van der Waals surface area contributed by atoms with Gasteiger partial charge >= 0.3 is 0 Å². The molecule has 29 heavy (non-hydrogen) atoms. The predicted octanol–water partition coefficient (Wildman–Crippen LogP) is 4.47. The highest BCUT2D eigenvalue weighted by Gasteiger charge is 2.42. The molecule has 2 aromatic carbocycles. The summed E-state index contributed by atoms with van der Waals surface area (Å²) in [4.78, 5) is 37.9. The van der Waals surface area contributed by atoms with E-state index in [4.69, 9.17) is 0 Å². The van der Waals surface area contributed by atoms with E-state index in [-0.39, 0.29) is 35.2 Å². The number of imide groups is 1. The van der Waals surface area contributed by atoms with Crippen LogP contribution in [0.15, 0.2) is 48.5 Å². The maximum atomic E-state index is 13.3. The zero-order chi connectivity index (χ0) is 20.4. The van der Waals surface area contributed by atoms with Crippen molar-refractivity contribution in [1.82, 2.24) is 4.90 Å². The van der Waals surface area contributed by atoms with Crippen molar-refractivity contribution in [3.05, 3.63) is 65.5 Å². The summed E-state index contributed by atoms with van der Waals surface area (Å²) in [5, 5.41) is 2.76. The van der Waals surface area contributed by atoms with Crippen LogP contribution in [0.3, 0.4) is 0 Å². The Kier molecular flexibility index (Phi) is 5.41. The molecular weight excluding hydrogens is 391 g/mol. The van der Waals surface area contributed by atoms with Crippen LogP contribution in [0.25, 0.3) is 0 Å². The molecule has 1 heterocycles. The number of amides is 3. The predicted molar refractivity (Wildman–Crippen MR) is 110 cm³/mol. The number of anilines is 1. The summed E-state index contributed by atoms with van der Waals surface area (Å²) < 4.78 is 13.3. The van der Waals surface area contributed by atoms with Crippen molar-refractivity contribution in [3.63, 3.8) is 0 Å². The van der Waals surface area contributed by atoms with Gasteiger partial charge in [-0.2, -0.15) is 0 Å². The van der Waals surface area contributed by atoms with Gasteiger partial charge in [-0.15, -0.1) is 0 Å². The van der Waals surface area contributed by atoms with Crippen LogP contribution in [0.2, 0.25) is 0 Å². The lowest BCUT2D eigenvalue weighted by atomic mass is 9.78. The molecule has 0 radical (unpaired) electrons. The van der Waals surface area contributed by atoms with Crippen molar-refractivity contribution < 1.29 is 18.8 Å². The molecule has 0 bridgehead atoms. The maximum absolute atomic E-state index is 13.3. The van der Waals surface area contributed by atoms with E-state index in [1.807, 2.05) is 0 Å². The number of nitrogens with one attached hydrogen (secondary N) is 1. The Hall–Kier alpha value is -2.67. The summed E-state index contributed by atoms with van der Waals surface area (Å²) in [6.45, 7) is 0.235. The van der Waals surface area contributed by atoms with Crippen LogP contribution in [-0.4, -0.2) is 27.7 Å². The van der Waals surface area contributed by atoms with Crippen LogP contribution in [-0.2, 0) is 21.5 Å².